The number of urea groups is 1. The van der Waals surface area contributed by atoms with Crippen LogP contribution in [0.15, 0.2) is 18.2 Å². The Balaban J connectivity index is 1.78. The van der Waals surface area contributed by atoms with Gasteiger partial charge in [-0.15, -0.1) is 0 Å². The van der Waals surface area contributed by atoms with E-state index in [-0.39, 0.29) is 18.6 Å². The third-order valence-electron chi connectivity index (χ3n) is 3.70. The predicted octanol–water partition coefficient (Wildman–Crippen LogP) is 2.32. The number of piperidine rings is 1. The van der Waals surface area contributed by atoms with Crippen LogP contribution in [0, 0.1) is 6.92 Å². The van der Waals surface area contributed by atoms with Gasteiger partial charge in [-0.05, 0) is 43.5 Å². The van der Waals surface area contributed by atoms with E-state index < -0.39 is 5.97 Å². The van der Waals surface area contributed by atoms with Crippen molar-refractivity contribution in [2.45, 2.75) is 25.8 Å². The number of nitrogens with one attached hydrogen (secondary N) is 2. The minimum absolute atomic E-state index is 0.0585. The molecule has 0 spiro atoms. The smallest absolute Gasteiger partial charge is 0.319 e. The van der Waals surface area contributed by atoms with E-state index in [4.69, 9.17) is 16.7 Å². The fourth-order valence-electron chi connectivity index (χ4n) is 2.50. The van der Waals surface area contributed by atoms with Crippen LogP contribution in [0.3, 0.4) is 0 Å². The predicted molar refractivity (Wildman–Crippen MR) is 85.4 cm³/mol. The van der Waals surface area contributed by atoms with E-state index in [2.05, 4.69) is 10.6 Å². The summed E-state index contributed by atoms with van der Waals surface area (Å²) in [6, 6.07) is 5.13. The molecular formula is C15H20ClN3O3. The standard InChI is InChI=1S/C15H20ClN3O3/c1-10-8-12(2-3-13(10)16)18-15(22)17-11-4-6-19(7-5-11)9-14(20)21/h2-3,8,11H,4-7,9H2,1H3,(H,20,21)(H2,17,18,22). The number of nitrogens with zero attached hydrogens (tertiary/aromatic N) is 1. The van der Waals surface area contributed by atoms with Crippen molar-refractivity contribution in [2.75, 3.05) is 25.0 Å². The molecule has 2 rings (SSSR count). The summed E-state index contributed by atoms with van der Waals surface area (Å²) in [5.41, 5.74) is 1.60. The molecule has 1 saturated heterocycles. The van der Waals surface area contributed by atoms with E-state index in [1.165, 1.54) is 0 Å². The molecule has 0 aliphatic carbocycles. The Hall–Kier alpha value is -1.79. The van der Waals surface area contributed by atoms with Crippen molar-refractivity contribution in [3.05, 3.63) is 28.8 Å². The van der Waals surface area contributed by atoms with Gasteiger partial charge in [0.2, 0.25) is 0 Å². The second-order valence-electron chi connectivity index (χ2n) is 5.51. The summed E-state index contributed by atoms with van der Waals surface area (Å²) in [6.45, 7) is 3.29. The second-order valence-corrected chi connectivity index (χ2v) is 5.91. The highest BCUT2D eigenvalue weighted by atomic mass is 35.5. The van der Waals surface area contributed by atoms with Crippen LogP contribution in [-0.2, 0) is 4.79 Å². The van der Waals surface area contributed by atoms with Gasteiger partial charge in [-0.3, -0.25) is 9.69 Å². The highest BCUT2D eigenvalue weighted by molar-refractivity contribution is 6.31. The Bertz CT molecular complexity index is 557. The summed E-state index contributed by atoms with van der Waals surface area (Å²) in [7, 11) is 0. The van der Waals surface area contributed by atoms with Crippen LogP contribution in [0.5, 0.6) is 0 Å². The summed E-state index contributed by atoms with van der Waals surface area (Å²) < 4.78 is 0. The molecule has 1 aliphatic rings. The lowest BCUT2D eigenvalue weighted by Crippen LogP contribution is -2.47. The van der Waals surface area contributed by atoms with Crippen molar-refractivity contribution < 1.29 is 14.7 Å². The fourth-order valence-corrected chi connectivity index (χ4v) is 2.62. The molecule has 0 bridgehead atoms. The number of halogens is 1. The van der Waals surface area contributed by atoms with Crippen molar-refractivity contribution in [1.82, 2.24) is 10.2 Å². The van der Waals surface area contributed by atoms with Crippen molar-refractivity contribution in [3.63, 3.8) is 0 Å². The topological polar surface area (TPSA) is 81.7 Å². The normalized spacial score (nSPS) is 16.3. The number of carboxylic acid groups (broad SMARTS) is 1. The van der Waals surface area contributed by atoms with Gasteiger partial charge in [-0.1, -0.05) is 11.6 Å². The van der Waals surface area contributed by atoms with Crippen LogP contribution < -0.4 is 10.6 Å². The first kappa shape index (κ1) is 16.6. The summed E-state index contributed by atoms with van der Waals surface area (Å²) in [5, 5.41) is 15.1. The average Bonchev–Trinajstić information content (AvgIpc) is 2.44. The SMILES string of the molecule is Cc1cc(NC(=O)NC2CCN(CC(=O)O)CC2)ccc1Cl. The molecule has 0 aromatic heterocycles. The maximum absolute atomic E-state index is 12.0. The van der Waals surface area contributed by atoms with Gasteiger partial charge in [0.1, 0.15) is 0 Å². The van der Waals surface area contributed by atoms with Crippen LogP contribution in [-0.4, -0.2) is 47.7 Å². The number of hydrogen-bond donors (Lipinski definition) is 3. The Morgan fingerprint density at radius 1 is 1.36 bits per heavy atom. The lowest BCUT2D eigenvalue weighted by atomic mass is 10.1. The Morgan fingerprint density at radius 2 is 2.05 bits per heavy atom. The van der Waals surface area contributed by atoms with Gasteiger partial charge in [0, 0.05) is 29.8 Å². The highest BCUT2D eigenvalue weighted by Gasteiger charge is 2.21. The molecule has 0 saturated carbocycles. The molecule has 1 aromatic rings. The van der Waals surface area contributed by atoms with E-state index in [1.54, 1.807) is 12.1 Å². The first-order valence-corrected chi connectivity index (χ1v) is 7.59. The van der Waals surface area contributed by atoms with Gasteiger partial charge < -0.3 is 15.7 Å². The number of rotatable bonds is 4. The van der Waals surface area contributed by atoms with Gasteiger partial charge in [0.05, 0.1) is 6.54 Å². The van der Waals surface area contributed by atoms with E-state index in [9.17, 15) is 9.59 Å². The molecule has 22 heavy (non-hydrogen) atoms. The van der Waals surface area contributed by atoms with E-state index in [1.807, 2.05) is 17.9 Å². The molecule has 0 unspecified atom stereocenters. The monoisotopic (exact) mass is 325 g/mol. The fraction of sp³-hybridized carbons (Fsp3) is 0.467. The van der Waals surface area contributed by atoms with Crippen LogP contribution in [0.4, 0.5) is 10.5 Å². The number of aliphatic carboxylic acids is 1. The van der Waals surface area contributed by atoms with Crippen LogP contribution in [0.1, 0.15) is 18.4 Å². The maximum atomic E-state index is 12.0. The number of carboxylic acids is 1. The molecule has 3 N–H and O–H groups in total. The molecule has 0 atom stereocenters. The third-order valence-corrected chi connectivity index (χ3v) is 4.12. The molecule has 0 radical (unpaired) electrons. The van der Waals surface area contributed by atoms with Gasteiger partial charge in [-0.2, -0.15) is 0 Å². The quantitative estimate of drug-likeness (QED) is 0.793. The van der Waals surface area contributed by atoms with Crippen molar-refractivity contribution >= 4 is 29.3 Å². The zero-order chi connectivity index (χ0) is 16.1. The minimum atomic E-state index is -0.817. The Labute approximate surface area is 134 Å². The van der Waals surface area contributed by atoms with E-state index in [0.717, 1.165) is 18.4 Å². The molecule has 1 fully saturated rings. The molecule has 1 aliphatic heterocycles. The highest BCUT2D eigenvalue weighted by Crippen LogP contribution is 2.19. The minimum Gasteiger partial charge on any atom is -0.480 e. The number of likely N-dealkylation sites (tertiary alicyclic amines) is 1. The van der Waals surface area contributed by atoms with Gasteiger partial charge in [0.25, 0.3) is 0 Å². The summed E-state index contributed by atoms with van der Waals surface area (Å²) in [4.78, 5) is 24.5. The Kier molecular flexibility index (Phi) is 5.63. The van der Waals surface area contributed by atoms with Crippen LogP contribution >= 0.6 is 11.6 Å². The molecule has 120 valence electrons. The second kappa shape index (κ2) is 7.47. The molecular weight excluding hydrogens is 306 g/mol. The van der Waals surface area contributed by atoms with Gasteiger partial charge in [-0.25, -0.2) is 4.79 Å². The summed E-state index contributed by atoms with van der Waals surface area (Å²) in [5.74, 6) is -0.817. The van der Waals surface area contributed by atoms with Gasteiger partial charge in [0.15, 0.2) is 0 Å². The number of benzene rings is 1. The number of anilines is 1. The number of aryl methyl sites for hydroxylation is 1. The summed E-state index contributed by atoms with van der Waals surface area (Å²) >= 11 is 5.95. The number of hydrogen-bond acceptors (Lipinski definition) is 3. The van der Waals surface area contributed by atoms with Crippen LogP contribution in [0.2, 0.25) is 5.02 Å². The zero-order valence-corrected chi connectivity index (χ0v) is 13.2. The summed E-state index contributed by atoms with van der Waals surface area (Å²) in [6.07, 6.45) is 1.50. The van der Waals surface area contributed by atoms with Crippen molar-refractivity contribution in [2.24, 2.45) is 0 Å². The van der Waals surface area contributed by atoms with E-state index in [0.29, 0.717) is 23.8 Å². The average molecular weight is 326 g/mol. The molecule has 7 heteroatoms. The first-order chi connectivity index (χ1) is 10.4. The maximum Gasteiger partial charge on any atom is 0.319 e. The largest absolute Gasteiger partial charge is 0.480 e. The number of carbonyl (C=O) groups excluding carboxylic acids is 1. The van der Waals surface area contributed by atoms with E-state index >= 15 is 0 Å². The van der Waals surface area contributed by atoms with Gasteiger partial charge >= 0.3 is 12.0 Å². The number of amides is 2. The van der Waals surface area contributed by atoms with Crippen molar-refractivity contribution in [1.29, 1.82) is 0 Å². The number of carbonyl (C=O) groups is 2. The lowest BCUT2D eigenvalue weighted by molar-refractivity contribution is -0.138. The molecule has 2 amide bonds. The van der Waals surface area contributed by atoms with Crippen molar-refractivity contribution in [3.8, 4) is 0 Å². The van der Waals surface area contributed by atoms with Crippen LogP contribution in [0.25, 0.3) is 0 Å². The molecule has 1 aromatic carbocycles. The Morgan fingerprint density at radius 3 is 2.64 bits per heavy atom. The first-order valence-electron chi connectivity index (χ1n) is 7.22. The third kappa shape index (κ3) is 4.89. The molecule has 6 nitrogen and oxygen atoms in total. The molecule has 1 heterocycles. The zero-order valence-electron chi connectivity index (χ0n) is 12.4. The lowest BCUT2D eigenvalue weighted by Gasteiger charge is -2.31.